The molecule has 3 nitrogen and oxygen atoms in total. The summed E-state index contributed by atoms with van der Waals surface area (Å²) < 4.78 is 14.6. The van der Waals surface area contributed by atoms with Crippen molar-refractivity contribution in [1.29, 1.82) is 0 Å². The minimum atomic E-state index is -0.342. The first-order chi connectivity index (χ1) is 6.68. The number of hydrogen-bond acceptors (Lipinski definition) is 2. The summed E-state index contributed by atoms with van der Waals surface area (Å²) in [4.78, 5) is 0. The van der Waals surface area contributed by atoms with Gasteiger partial charge in [-0.05, 0) is 12.1 Å². The van der Waals surface area contributed by atoms with Crippen LogP contribution in [0.4, 0.5) is 4.39 Å². The smallest absolute Gasteiger partial charge is 0.209 e. The molecule has 72 valence electrons. The third-order valence-corrected chi connectivity index (χ3v) is 2.00. The van der Waals surface area contributed by atoms with E-state index < -0.39 is 0 Å². The fraction of sp³-hybridized carbons (Fsp3) is 0.100. The molecular formula is C10H9FN2O. The first-order valence-electron chi connectivity index (χ1n) is 4.16. The number of aromatic hydroxyl groups is 1. The van der Waals surface area contributed by atoms with Gasteiger partial charge in [0.15, 0.2) is 0 Å². The van der Waals surface area contributed by atoms with Crippen LogP contribution >= 0.6 is 0 Å². The molecule has 2 rings (SSSR count). The maximum absolute atomic E-state index is 13.3. The van der Waals surface area contributed by atoms with E-state index in [2.05, 4.69) is 5.10 Å². The Morgan fingerprint density at radius 3 is 2.64 bits per heavy atom. The molecule has 0 radical (unpaired) electrons. The number of rotatable bonds is 1. The molecule has 0 saturated heterocycles. The molecule has 0 fully saturated rings. The largest absolute Gasteiger partial charge is 0.493 e. The van der Waals surface area contributed by atoms with Crippen molar-refractivity contribution in [1.82, 2.24) is 9.78 Å². The van der Waals surface area contributed by atoms with Gasteiger partial charge in [-0.2, -0.15) is 5.10 Å². The van der Waals surface area contributed by atoms with Crippen LogP contribution in [0.3, 0.4) is 0 Å². The van der Waals surface area contributed by atoms with Gasteiger partial charge in [0.2, 0.25) is 5.88 Å². The number of hydrogen-bond donors (Lipinski definition) is 1. The van der Waals surface area contributed by atoms with Crippen LogP contribution in [0.25, 0.3) is 11.3 Å². The van der Waals surface area contributed by atoms with Crippen molar-refractivity contribution < 1.29 is 9.50 Å². The monoisotopic (exact) mass is 192 g/mol. The minimum absolute atomic E-state index is 0.0169. The molecule has 2 aromatic rings. The fourth-order valence-corrected chi connectivity index (χ4v) is 1.26. The Morgan fingerprint density at radius 1 is 1.36 bits per heavy atom. The molecule has 1 aromatic heterocycles. The molecule has 0 atom stereocenters. The average molecular weight is 192 g/mol. The van der Waals surface area contributed by atoms with E-state index in [4.69, 9.17) is 0 Å². The third-order valence-electron chi connectivity index (χ3n) is 2.00. The summed E-state index contributed by atoms with van der Waals surface area (Å²) in [6, 6.07) is 7.75. The highest BCUT2D eigenvalue weighted by Crippen LogP contribution is 2.23. The summed E-state index contributed by atoms with van der Waals surface area (Å²) in [5.41, 5.74) is 0.825. The molecule has 1 heterocycles. The number of aromatic nitrogens is 2. The quantitative estimate of drug-likeness (QED) is 0.749. The van der Waals surface area contributed by atoms with Gasteiger partial charge in [0.05, 0.1) is 5.69 Å². The van der Waals surface area contributed by atoms with Gasteiger partial charge in [-0.1, -0.05) is 12.1 Å². The summed E-state index contributed by atoms with van der Waals surface area (Å²) in [5, 5.41) is 13.2. The lowest BCUT2D eigenvalue weighted by atomic mass is 10.1. The molecule has 1 N–H and O–H groups in total. The summed E-state index contributed by atoms with van der Waals surface area (Å²) in [6.45, 7) is 0. The van der Waals surface area contributed by atoms with Gasteiger partial charge in [-0.15, -0.1) is 0 Å². The van der Waals surface area contributed by atoms with Gasteiger partial charge in [0.25, 0.3) is 0 Å². The van der Waals surface area contributed by atoms with Gasteiger partial charge in [0.1, 0.15) is 5.82 Å². The second kappa shape index (κ2) is 3.14. The number of benzene rings is 1. The van der Waals surface area contributed by atoms with E-state index in [1.54, 1.807) is 25.2 Å². The van der Waals surface area contributed by atoms with Gasteiger partial charge in [-0.3, -0.25) is 0 Å². The van der Waals surface area contributed by atoms with E-state index in [0.29, 0.717) is 11.3 Å². The van der Waals surface area contributed by atoms with E-state index in [1.165, 1.54) is 16.8 Å². The van der Waals surface area contributed by atoms with Crippen LogP contribution in [-0.4, -0.2) is 14.9 Å². The standard InChI is InChI=1S/C10H9FN2O/c1-13-10(14)6-9(12-13)7-4-2-3-5-8(7)11/h2-6,14H,1H3. The Hall–Kier alpha value is -1.84. The zero-order valence-electron chi connectivity index (χ0n) is 7.61. The molecule has 0 saturated carbocycles. The van der Waals surface area contributed by atoms with Crippen molar-refractivity contribution in [2.24, 2.45) is 7.05 Å². The molecule has 0 amide bonds. The fourth-order valence-electron chi connectivity index (χ4n) is 1.26. The molecule has 0 unspecified atom stereocenters. The first-order valence-corrected chi connectivity index (χ1v) is 4.16. The van der Waals surface area contributed by atoms with Crippen LogP contribution in [-0.2, 0) is 7.05 Å². The zero-order chi connectivity index (χ0) is 10.1. The van der Waals surface area contributed by atoms with Crippen LogP contribution in [0.5, 0.6) is 5.88 Å². The van der Waals surface area contributed by atoms with Crippen molar-refractivity contribution >= 4 is 0 Å². The Labute approximate surface area is 80.4 Å². The normalized spacial score (nSPS) is 10.4. The predicted molar refractivity (Wildman–Crippen MR) is 50.3 cm³/mol. The van der Waals surface area contributed by atoms with Crippen molar-refractivity contribution in [3.63, 3.8) is 0 Å². The summed E-state index contributed by atoms with van der Waals surface area (Å²) >= 11 is 0. The topological polar surface area (TPSA) is 38.0 Å². The summed E-state index contributed by atoms with van der Waals surface area (Å²) in [7, 11) is 1.60. The molecule has 0 aliphatic carbocycles. The van der Waals surface area contributed by atoms with Crippen LogP contribution in [0.15, 0.2) is 30.3 Å². The highest BCUT2D eigenvalue weighted by Gasteiger charge is 2.09. The van der Waals surface area contributed by atoms with Gasteiger partial charge in [0, 0.05) is 18.7 Å². The van der Waals surface area contributed by atoms with Gasteiger partial charge >= 0.3 is 0 Å². The molecule has 1 aromatic carbocycles. The number of nitrogens with zero attached hydrogens (tertiary/aromatic N) is 2. The minimum Gasteiger partial charge on any atom is -0.493 e. The van der Waals surface area contributed by atoms with Crippen LogP contribution in [0, 0.1) is 5.82 Å². The molecule has 14 heavy (non-hydrogen) atoms. The van der Waals surface area contributed by atoms with Crippen LogP contribution in [0.1, 0.15) is 0 Å². The van der Waals surface area contributed by atoms with Crippen LogP contribution in [0.2, 0.25) is 0 Å². The van der Waals surface area contributed by atoms with Crippen molar-refractivity contribution in [2.75, 3.05) is 0 Å². The molecule has 4 heteroatoms. The lowest BCUT2D eigenvalue weighted by Crippen LogP contribution is -1.90. The second-order valence-electron chi connectivity index (χ2n) is 2.99. The molecular weight excluding hydrogens is 183 g/mol. The highest BCUT2D eigenvalue weighted by molar-refractivity contribution is 5.60. The Bertz CT molecular complexity index is 445. The van der Waals surface area contributed by atoms with Crippen LogP contribution < -0.4 is 0 Å². The molecule has 0 aliphatic rings. The van der Waals surface area contributed by atoms with Crippen molar-refractivity contribution in [3.05, 3.63) is 36.1 Å². The number of halogens is 1. The Balaban J connectivity index is 2.55. The molecule has 0 spiro atoms. The molecule has 0 bridgehead atoms. The first kappa shape index (κ1) is 8.74. The Morgan fingerprint density at radius 2 is 2.07 bits per heavy atom. The second-order valence-corrected chi connectivity index (χ2v) is 2.99. The van der Waals surface area contributed by atoms with Crippen molar-refractivity contribution in [3.8, 4) is 17.1 Å². The SMILES string of the molecule is Cn1nc(-c2ccccc2F)cc1O. The third kappa shape index (κ3) is 1.35. The van der Waals surface area contributed by atoms with E-state index in [-0.39, 0.29) is 11.7 Å². The number of aryl methyl sites for hydroxylation is 1. The van der Waals surface area contributed by atoms with E-state index in [1.807, 2.05) is 0 Å². The summed E-state index contributed by atoms with van der Waals surface area (Å²) in [5.74, 6) is -0.325. The van der Waals surface area contributed by atoms with Crippen molar-refractivity contribution in [2.45, 2.75) is 0 Å². The average Bonchev–Trinajstić information content (AvgIpc) is 2.48. The van der Waals surface area contributed by atoms with E-state index in [0.717, 1.165) is 0 Å². The van der Waals surface area contributed by atoms with Gasteiger partial charge < -0.3 is 5.11 Å². The van der Waals surface area contributed by atoms with E-state index >= 15 is 0 Å². The summed E-state index contributed by atoms with van der Waals surface area (Å²) in [6.07, 6.45) is 0. The van der Waals surface area contributed by atoms with Gasteiger partial charge in [-0.25, -0.2) is 9.07 Å². The maximum Gasteiger partial charge on any atom is 0.209 e. The Kier molecular flexibility index (Phi) is 1.96. The lowest BCUT2D eigenvalue weighted by molar-refractivity contribution is 0.419. The highest BCUT2D eigenvalue weighted by atomic mass is 19.1. The predicted octanol–water partition coefficient (Wildman–Crippen LogP) is 1.93. The molecule has 0 aliphatic heterocycles. The maximum atomic E-state index is 13.3. The zero-order valence-corrected chi connectivity index (χ0v) is 7.61. The lowest BCUT2D eigenvalue weighted by Gasteiger charge is -1.96. The van der Waals surface area contributed by atoms with E-state index in [9.17, 15) is 9.50 Å².